The van der Waals surface area contributed by atoms with Gasteiger partial charge in [0.1, 0.15) is 5.76 Å². The summed E-state index contributed by atoms with van der Waals surface area (Å²) in [6.45, 7) is 3.70. The Morgan fingerprint density at radius 3 is 2.25 bits per heavy atom. The number of amides is 1. The molecule has 1 aromatic heterocycles. The number of anilines is 1. The lowest BCUT2D eigenvalue weighted by Crippen LogP contribution is -2.14. The van der Waals surface area contributed by atoms with Crippen molar-refractivity contribution >= 4 is 23.4 Å². The lowest BCUT2D eigenvalue weighted by molar-refractivity contribution is -0.113. The molecule has 0 aliphatic carbocycles. The van der Waals surface area contributed by atoms with E-state index in [0.717, 1.165) is 11.5 Å². The smallest absolute Gasteiger partial charge is 0.256 e. The Balaban J connectivity index is 2.05. The summed E-state index contributed by atoms with van der Waals surface area (Å²) in [5, 5.41) is 3.27. The van der Waals surface area contributed by atoms with E-state index >= 15 is 0 Å². The number of carbonyl (C=O) groups excluding carboxylic acids is 1. The first-order valence-corrected chi connectivity index (χ1v) is 8.13. The molecule has 0 saturated carbocycles. The molecular formula is C16H20N2O5S. The summed E-state index contributed by atoms with van der Waals surface area (Å²) >= 11 is 1.23. The third kappa shape index (κ3) is 4.14. The molecule has 7 nitrogen and oxygen atoms in total. The highest BCUT2D eigenvalue weighted by molar-refractivity contribution is 7.99. The zero-order valence-corrected chi connectivity index (χ0v) is 15.1. The molecule has 0 unspecified atom stereocenters. The normalized spacial score (nSPS) is 10.4. The average Bonchev–Trinajstić information content (AvgIpc) is 2.90. The molecule has 130 valence electrons. The minimum absolute atomic E-state index is 0.177. The van der Waals surface area contributed by atoms with Crippen LogP contribution in [0.1, 0.15) is 11.5 Å². The van der Waals surface area contributed by atoms with Crippen LogP contribution in [-0.2, 0) is 4.79 Å². The first-order chi connectivity index (χ1) is 11.5. The van der Waals surface area contributed by atoms with E-state index in [1.807, 2.05) is 13.8 Å². The van der Waals surface area contributed by atoms with E-state index in [-0.39, 0.29) is 11.7 Å². The first-order valence-electron chi connectivity index (χ1n) is 7.15. The highest BCUT2D eigenvalue weighted by Gasteiger charge is 2.15. The summed E-state index contributed by atoms with van der Waals surface area (Å²) in [5.74, 6) is 2.15. The minimum atomic E-state index is -0.192. The summed E-state index contributed by atoms with van der Waals surface area (Å²) in [6.07, 6.45) is 0. The van der Waals surface area contributed by atoms with Gasteiger partial charge < -0.3 is 23.9 Å². The van der Waals surface area contributed by atoms with E-state index in [4.69, 9.17) is 18.6 Å². The molecule has 0 aliphatic rings. The van der Waals surface area contributed by atoms with Gasteiger partial charge in [-0.25, -0.2) is 4.98 Å². The predicted molar refractivity (Wildman–Crippen MR) is 91.4 cm³/mol. The number of hydrogen-bond donors (Lipinski definition) is 1. The van der Waals surface area contributed by atoms with Crippen LogP contribution in [0, 0.1) is 13.8 Å². The van der Waals surface area contributed by atoms with Crippen LogP contribution < -0.4 is 19.5 Å². The molecule has 1 amide bonds. The highest BCUT2D eigenvalue weighted by Crippen LogP contribution is 2.39. The molecule has 8 heteroatoms. The molecule has 0 aliphatic heterocycles. The van der Waals surface area contributed by atoms with Crippen molar-refractivity contribution in [2.45, 2.75) is 19.1 Å². The average molecular weight is 352 g/mol. The molecule has 1 aromatic carbocycles. The quantitative estimate of drug-likeness (QED) is 0.767. The van der Waals surface area contributed by atoms with Crippen molar-refractivity contribution < 1.29 is 23.4 Å². The van der Waals surface area contributed by atoms with Crippen molar-refractivity contribution in [3.8, 4) is 17.2 Å². The molecule has 1 heterocycles. The summed E-state index contributed by atoms with van der Waals surface area (Å²) in [7, 11) is 4.56. The van der Waals surface area contributed by atoms with Crippen molar-refractivity contribution in [3.63, 3.8) is 0 Å². The Morgan fingerprint density at radius 1 is 1.17 bits per heavy atom. The Hall–Kier alpha value is -2.35. The number of ether oxygens (including phenoxy) is 3. The topological polar surface area (TPSA) is 82.8 Å². The van der Waals surface area contributed by atoms with Crippen LogP contribution in [0.3, 0.4) is 0 Å². The van der Waals surface area contributed by atoms with Gasteiger partial charge in [-0.3, -0.25) is 4.79 Å². The second kappa shape index (κ2) is 7.96. The molecule has 0 spiro atoms. The predicted octanol–water partition coefficient (Wildman–Crippen LogP) is 3.05. The van der Waals surface area contributed by atoms with E-state index < -0.39 is 0 Å². The van der Waals surface area contributed by atoms with Crippen molar-refractivity contribution in [1.29, 1.82) is 0 Å². The number of nitrogens with one attached hydrogen (secondary N) is 1. The van der Waals surface area contributed by atoms with Crippen LogP contribution in [0.15, 0.2) is 21.8 Å². The Bertz CT molecular complexity index is 685. The van der Waals surface area contributed by atoms with Crippen molar-refractivity contribution in [1.82, 2.24) is 4.98 Å². The third-order valence-corrected chi connectivity index (χ3v) is 4.11. The number of oxazole rings is 1. The molecule has 0 atom stereocenters. The van der Waals surface area contributed by atoms with Gasteiger partial charge in [0.05, 0.1) is 32.8 Å². The maximum atomic E-state index is 12.1. The summed E-state index contributed by atoms with van der Waals surface area (Å²) in [4.78, 5) is 16.3. The molecule has 1 N–H and O–H groups in total. The zero-order valence-electron chi connectivity index (χ0n) is 14.3. The highest BCUT2D eigenvalue weighted by atomic mass is 32.2. The second-order valence-electron chi connectivity index (χ2n) is 4.87. The van der Waals surface area contributed by atoms with Crippen LogP contribution in [0.25, 0.3) is 0 Å². The molecule has 0 fully saturated rings. The van der Waals surface area contributed by atoms with E-state index in [9.17, 15) is 4.79 Å². The molecule has 0 saturated heterocycles. The summed E-state index contributed by atoms with van der Waals surface area (Å²) < 4.78 is 21.2. The maximum Gasteiger partial charge on any atom is 0.256 e. The number of nitrogens with zero attached hydrogens (tertiary/aromatic N) is 1. The molecule has 0 radical (unpaired) electrons. The van der Waals surface area contributed by atoms with Gasteiger partial charge in [-0.1, -0.05) is 11.8 Å². The van der Waals surface area contributed by atoms with Gasteiger partial charge in [0.25, 0.3) is 5.22 Å². The van der Waals surface area contributed by atoms with Gasteiger partial charge in [0, 0.05) is 17.8 Å². The number of carbonyl (C=O) groups is 1. The van der Waals surface area contributed by atoms with Gasteiger partial charge in [-0.2, -0.15) is 0 Å². The molecule has 2 aromatic rings. The minimum Gasteiger partial charge on any atom is -0.493 e. The number of thioether (sulfide) groups is 1. The SMILES string of the molecule is COc1cc(NC(=O)CSc2nc(C)c(C)o2)cc(OC)c1OC. The standard InChI is InChI=1S/C16H20N2O5S/c1-9-10(2)23-16(17-9)24-8-14(19)18-11-6-12(20-3)15(22-5)13(7-11)21-4/h6-7H,8H2,1-5H3,(H,18,19). The molecular weight excluding hydrogens is 332 g/mol. The number of rotatable bonds is 7. The van der Waals surface area contributed by atoms with E-state index in [1.54, 1.807) is 12.1 Å². The molecule has 2 rings (SSSR count). The van der Waals surface area contributed by atoms with Gasteiger partial charge in [0.15, 0.2) is 11.5 Å². The Morgan fingerprint density at radius 2 is 1.79 bits per heavy atom. The number of benzene rings is 1. The number of methoxy groups -OCH3 is 3. The number of hydrogen-bond acceptors (Lipinski definition) is 7. The van der Waals surface area contributed by atoms with Crippen LogP contribution in [0.2, 0.25) is 0 Å². The summed E-state index contributed by atoms with van der Waals surface area (Å²) in [6, 6.07) is 3.34. The van der Waals surface area contributed by atoms with Gasteiger partial charge in [-0.05, 0) is 13.8 Å². The van der Waals surface area contributed by atoms with E-state index in [0.29, 0.717) is 28.2 Å². The lowest BCUT2D eigenvalue weighted by Gasteiger charge is -2.14. The Labute approximate surface area is 144 Å². The monoisotopic (exact) mass is 352 g/mol. The number of aryl methyl sites for hydroxylation is 2. The van der Waals surface area contributed by atoms with Crippen LogP contribution in [-0.4, -0.2) is 38.0 Å². The van der Waals surface area contributed by atoms with Crippen LogP contribution in [0.5, 0.6) is 17.2 Å². The Kier molecular flexibility index (Phi) is 5.97. The van der Waals surface area contributed by atoms with Crippen molar-refractivity contribution in [2.24, 2.45) is 0 Å². The fourth-order valence-corrected chi connectivity index (χ4v) is 2.69. The van der Waals surface area contributed by atoms with Gasteiger partial charge >= 0.3 is 0 Å². The fraction of sp³-hybridized carbons (Fsp3) is 0.375. The first kappa shape index (κ1) is 18.0. The number of aromatic nitrogens is 1. The van der Waals surface area contributed by atoms with E-state index in [1.165, 1.54) is 33.1 Å². The van der Waals surface area contributed by atoms with Crippen LogP contribution >= 0.6 is 11.8 Å². The summed E-state index contributed by atoms with van der Waals surface area (Å²) in [5.41, 5.74) is 1.37. The van der Waals surface area contributed by atoms with Crippen molar-refractivity contribution in [2.75, 3.05) is 32.4 Å². The second-order valence-corrected chi connectivity index (χ2v) is 5.80. The molecule has 24 heavy (non-hydrogen) atoms. The zero-order chi connectivity index (χ0) is 17.7. The third-order valence-electron chi connectivity index (χ3n) is 3.28. The van der Waals surface area contributed by atoms with Gasteiger partial charge in [-0.15, -0.1) is 0 Å². The van der Waals surface area contributed by atoms with Crippen LogP contribution in [0.4, 0.5) is 5.69 Å². The largest absolute Gasteiger partial charge is 0.493 e. The lowest BCUT2D eigenvalue weighted by atomic mass is 10.2. The van der Waals surface area contributed by atoms with Gasteiger partial charge in [0.2, 0.25) is 11.7 Å². The fourth-order valence-electron chi connectivity index (χ4n) is 1.98. The molecule has 0 bridgehead atoms. The maximum absolute atomic E-state index is 12.1. The van der Waals surface area contributed by atoms with E-state index in [2.05, 4.69) is 10.3 Å². The van der Waals surface area contributed by atoms with Crippen molar-refractivity contribution in [3.05, 3.63) is 23.6 Å².